The first kappa shape index (κ1) is 18.0. The van der Waals surface area contributed by atoms with E-state index in [1.54, 1.807) is 0 Å². The second-order valence-corrected chi connectivity index (χ2v) is 6.09. The predicted octanol–water partition coefficient (Wildman–Crippen LogP) is 3.26. The second-order valence-electron chi connectivity index (χ2n) is 6.09. The van der Waals surface area contributed by atoms with E-state index in [1.165, 1.54) is 24.3 Å². The first-order chi connectivity index (χ1) is 12.6. The van der Waals surface area contributed by atoms with E-state index in [9.17, 15) is 10.0 Å². The van der Waals surface area contributed by atoms with Crippen molar-refractivity contribution >= 4 is 23.4 Å². The van der Waals surface area contributed by atoms with Gasteiger partial charge in [-0.25, -0.2) is 10.0 Å². The van der Waals surface area contributed by atoms with Crippen LogP contribution in [-0.4, -0.2) is 16.9 Å². The van der Waals surface area contributed by atoms with Crippen molar-refractivity contribution in [2.75, 3.05) is 0 Å². The molecule has 0 radical (unpaired) electrons. The molecule has 1 aliphatic carbocycles. The van der Waals surface area contributed by atoms with Gasteiger partial charge >= 0.3 is 5.97 Å². The van der Waals surface area contributed by atoms with Crippen LogP contribution in [0.5, 0.6) is 0 Å². The van der Waals surface area contributed by atoms with E-state index in [0.29, 0.717) is 0 Å². The Balaban J connectivity index is 1.72. The number of benzene rings is 2. The van der Waals surface area contributed by atoms with Gasteiger partial charge in [0.15, 0.2) is 5.69 Å². The maximum absolute atomic E-state index is 12.1. The molecule has 1 atom stereocenters. The third-order valence-electron chi connectivity index (χ3n) is 4.23. The van der Waals surface area contributed by atoms with E-state index in [0.717, 1.165) is 42.5 Å². The summed E-state index contributed by atoms with van der Waals surface area (Å²) in [6, 6.07) is 15.6. The topological polar surface area (TPSA) is 86.4 Å². The molecule has 6 heteroatoms. The Labute approximate surface area is 151 Å². The molecule has 1 saturated carbocycles. The van der Waals surface area contributed by atoms with Crippen LogP contribution in [0, 0.1) is 5.21 Å². The van der Waals surface area contributed by atoms with Crippen molar-refractivity contribution in [3.05, 3.63) is 76.5 Å². The lowest BCUT2D eigenvalue weighted by atomic mass is 9.91. The molecule has 0 saturated heterocycles. The first-order valence-electron chi connectivity index (χ1n) is 8.51. The van der Waals surface area contributed by atoms with Gasteiger partial charge in [0.05, 0.1) is 11.3 Å². The number of nitrogens with one attached hydrogen (secondary N) is 1. The summed E-state index contributed by atoms with van der Waals surface area (Å²) < 4.78 is 0. The summed E-state index contributed by atoms with van der Waals surface area (Å²) in [4.78, 5) is 17.2. The van der Waals surface area contributed by atoms with E-state index in [4.69, 9.17) is 10.0 Å². The number of allylic oxidation sites excluding steroid dienone is 1. The molecular weight excluding hydrogens is 332 g/mol. The van der Waals surface area contributed by atoms with Crippen molar-refractivity contribution < 1.29 is 20.1 Å². The zero-order valence-corrected chi connectivity index (χ0v) is 14.2. The summed E-state index contributed by atoms with van der Waals surface area (Å²) in [6.07, 6.45) is 5.84. The molecule has 26 heavy (non-hydrogen) atoms. The Kier molecular flexibility index (Phi) is 5.91. The lowest BCUT2D eigenvalue weighted by Gasteiger charge is -2.16. The fraction of sp³-hybridized carbons (Fsp3) is 0.200. The van der Waals surface area contributed by atoms with Crippen LogP contribution in [0.4, 0.5) is 5.69 Å². The number of carbonyl (C=O) groups excluding carboxylic acids is 1. The first-order valence-corrected chi connectivity index (χ1v) is 8.51. The molecular formula is C20H20N2O4. The molecule has 0 aliphatic heterocycles. The molecule has 2 aromatic carbocycles. The molecule has 0 amide bonds. The Hall–Kier alpha value is -2.80. The number of hydrogen-bond donors (Lipinski definition) is 2. The third kappa shape index (κ3) is 4.64. The van der Waals surface area contributed by atoms with Crippen LogP contribution in [0.1, 0.15) is 41.6 Å². The maximum atomic E-state index is 12.1. The van der Waals surface area contributed by atoms with Crippen LogP contribution in [0.2, 0.25) is 0 Å². The standard InChI is InChI=1S/C20H20N2O4/c23-20(16-10-12-18(13-11-16)22(24)25)26-21-19-9-5-4-8-17(19)14-15-6-2-1-3-7-15/h1-3,6-7,10-14,22,24H,4-5,8-9H2/b17-14-,21-19+. The monoisotopic (exact) mass is 352 g/mol. The maximum Gasteiger partial charge on any atom is 0.365 e. The Bertz CT molecular complexity index is 811. The molecule has 6 nitrogen and oxygen atoms in total. The number of oxime groups is 1. The molecule has 0 heterocycles. The highest BCUT2D eigenvalue weighted by molar-refractivity contribution is 6.04. The number of rotatable bonds is 4. The lowest BCUT2D eigenvalue weighted by Crippen LogP contribution is -2.99. The fourth-order valence-corrected chi connectivity index (χ4v) is 2.82. The van der Waals surface area contributed by atoms with E-state index in [2.05, 4.69) is 11.2 Å². The molecule has 2 N–H and O–H groups in total. The minimum absolute atomic E-state index is 0.119. The second kappa shape index (κ2) is 8.53. The van der Waals surface area contributed by atoms with Crippen LogP contribution in [-0.2, 0) is 4.84 Å². The average molecular weight is 352 g/mol. The van der Waals surface area contributed by atoms with Gasteiger partial charge in [0.25, 0.3) is 0 Å². The average Bonchev–Trinajstić information content (AvgIpc) is 2.68. The van der Waals surface area contributed by atoms with Crippen LogP contribution in [0.15, 0.2) is 65.3 Å². The summed E-state index contributed by atoms with van der Waals surface area (Å²) in [5.41, 5.74) is 3.34. The van der Waals surface area contributed by atoms with Gasteiger partial charge in [0.1, 0.15) is 0 Å². The van der Waals surface area contributed by atoms with Gasteiger partial charge in [-0.05, 0) is 55.0 Å². The molecule has 1 fully saturated rings. The van der Waals surface area contributed by atoms with Gasteiger partial charge in [0, 0.05) is 12.1 Å². The zero-order chi connectivity index (χ0) is 18.4. The number of quaternary nitrogens is 1. The van der Waals surface area contributed by atoms with Crippen molar-refractivity contribution in [2.24, 2.45) is 5.16 Å². The van der Waals surface area contributed by atoms with E-state index >= 15 is 0 Å². The quantitative estimate of drug-likeness (QED) is 0.653. The van der Waals surface area contributed by atoms with Gasteiger partial charge in [-0.2, -0.15) is 5.23 Å². The van der Waals surface area contributed by atoms with Crippen molar-refractivity contribution in [1.29, 1.82) is 0 Å². The van der Waals surface area contributed by atoms with Crippen molar-refractivity contribution in [3.63, 3.8) is 0 Å². The lowest BCUT2D eigenvalue weighted by molar-refractivity contribution is -0.991. The summed E-state index contributed by atoms with van der Waals surface area (Å²) >= 11 is 0. The van der Waals surface area contributed by atoms with Crippen molar-refractivity contribution in [1.82, 2.24) is 0 Å². The van der Waals surface area contributed by atoms with Crippen LogP contribution in [0.25, 0.3) is 6.08 Å². The summed E-state index contributed by atoms with van der Waals surface area (Å²) in [5.74, 6) is -0.598. The van der Waals surface area contributed by atoms with Gasteiger partial charge in [-0.3, -0.25) is 0 Å². The van der Waals surface area contributed by atoms with E-state index in [1.807, 2.05) is 30.3 Å². The van der Waals surface area contributed by atoms with Crippen LogP contribution in [0.3, 0.4) is 0 Å². The fourth-order valence-electron chi connectivity index (χ4n) is 2.82. The Morgan fingerprint density at radius 1 is 1.08 bits per heavy atom. The normalized spacial score (nSPS) is 18.7. The van der Waals surface area contributed by atoms with Crippen LogP contribution >= 0.6 is 0 Å². The summed E-state index contributed by atoms with van der Waals surface area (Å²) in [6.45, 7) is 0. The van der Waals surface area contributed by atoms with Gasteiger partial charge < -0.3 is 10.0 Å². The van der Waals surface area contributed by atoms with Gasteiger partial charge in [-0.15, -0.1) is 0 Å². The minimum Gasteiger partial charge on any atom is -0.595 e. The largest absolute Gasteiger partial charge is 0.595 e. The number of carbonyl (C=O) groups is 1. The molecule has 134 valence electrons. The Morgan fingerprint density at radius 3 is 2.46 bits per heavy atom. The molecule has 2 aromatic rings. The zero-order valence-electron chi connectivity index (χ0n) is 14.2. The molecule has 1 unspecified atom stereocenters. The van der Waals surface area contributed by atoms with E-state index < -0.39 is 11.2 Å². The molecule has 3 rings (SSSR count). The van der Waals surface area contributed by atoms with Crippen molar-refractivity contribution in [2.45, 2.75) is 25.7 Å². The third-order valence-corrected chi connectivity index (χ3v) is 4.23. The highest BCUT2D eigenvalue weighted by atomic mass is 16.8. The molecule has 0 aromatic heterocycles. The highest BCUT2D eigenvalue weighted by Crippen LogP contribution is 2.24. The van der Waals surface area contributed by atoms with Crippen molar-refractivity contribution in [3.8, 4) is 0 Å². The predicted molar refractivity (Wildman–Crippen MR) is 98.0 cm³/mol. The minimum atomic E-state index is -1.04. The summed E-state index contributed by atoms with van der Waals surface area (Å²) in [5, 5.41) is 22.8. The van der Waals surface area contributed by atoms with E-state index in [-0.39, 0.29) is 11.3 Å². The number of hydrogen-bond acceptors (Lipinski definition) is 5. The SMILES string of the molecule is O=C(O/N=C1\CCCC\C1=C\c1ccccc1)c1ccc([NH+]([O-])O)cc1. The molecule has 0 spiro atoms. The Morgan fingerprint density at radius 2 is 1.77 bits per heavy atom. The van der Waals surface area contributed by atoms with Gasteiger partial charge in [0.2, 0.25) is 0 Å². The van der Waals surface area contributed by atoms with Gasteiger partial charge in [-0.1, -0.05) is 35.5 Å². The smallest absolute Gasteiger partial charge is 0.365 e. The number of nitrogens with zero attached hydrogens (tertiary/aromatic N) is 1. The summed E-state index contributed by atoms with van der Waals surface area (Å²) in [7, 11) is 0. The molecule has 0 bridgehead atoms. The molecule has 1 aliphatic rings. The van der Waals surface area contributed by atoms with Crippen LogP contribution < -0.4 is 5.23 Å². The highest BCUT2D eigenvalue weighted by Gasteiger charge is 2.16.